The van der Waals surface area contributed by atoms with Crippen molar-refractivity contribution in [3.8, 4) is 0 Å². The monoisotopic (exact) mass is 271 g/mol. The Morgan fingerprint density at radius 3 is 2.74 bits per heavy atom. The van der Waals surface area contributed by atoms with E-state index in [4.69, 9.17) is 20.8 Å². The molecule has 7 nitrogen and oxygen atoms in total. The van der Waals surface area contributed by atoms with Crippen LogP contribution >= 0.6 is 0 Å². The summed E-state index contributed by atoms with van der Waals surface area (Å²) in [5.41, 5.74) is 4.84. The predicted molar refractivity (Wildman–Crippen MR) is 67.7 cm³/mol. The van der Waals surface area contributed by atoms with E-state index in [-0.39, 0.29) is 30.5 Å². The molecule has 108 valence electrons. The highest BCUT2D eigenvalue weighted by Crippen LogP contribution is 2.43. The number of nitrogens with two attached hydrogens (primary N) is 1. The molecular formula is C12H21N3O4. The van der Waals surface area contributed by atoms with Crippen molar-refractivity contribution in [2.45, 2.75) is 38.3 Å². The van der Waals surface area contributed by atoms with Crippen molar-refractivity contribution in [3.05, 3.63) is 0 Å². The Morgan fingerprint density at radius 2 is 2.26 bits per heavy atom. The molecule has 1 aliphatic heterocycles. The Morgan fingerprint density at radius 1 is 1.58 bits per heavy atom. The van der Waals surface area contributed by atoms with Crippen LogP contribution in [-0.4, -0.2) is 58.9 Å². The zero-order valence-corrected chi connectivity index (χ0v) is 11.1. The van der Waals surface area contributed by atoms with Crippen LogP contribution < -0.4 is 5.73 Å². The van der Waals surface area contributed by atoms with E-state index < -0.39 is 5.41 Å². The molecule has 2 atom stereocenters. The fourth-order valence-electron chi connectivity index (χ4n) is 2.69. The minimum Gasteiger partial charge on any atom is -0.409 e. The second-order valence-corrected chi connectivity index (χ2v) is 5.37. The lowest BCUT2D eigenvalue weighted by molar-refractivity contribution is -0.156. The van der Waals surface area contributed by atoms with Crippen molar-refractivity contribution in [1.29, 1.82) is 0 Å². The minimum atomic E-state index is -0.861. The zero-order valence-electron chi connectivity index (χ0n) is 11.1. The van der Waals surface area contributed by atoms with Gasteiger partial charge in [0.2, 0.25) is 5.91 Å². The molecule has 0 aromatic carbocycles. The molecule has 1 aliphatic carbocycles. The van der Waals surface area contributed by atoms with Gasteiger partial charge in [-0.3, -0.25) is 4.79 Å². The molecule has 2 fully saturated rings. The van der Waals surface area contributed by atoms with Gasteiger partial charge in [-0.2, -0.15) is 0 Å². The first kappa shape index (κ1) is 14.1. The average Bonchev–Trinajstić information content (AvgIpc) is 2.37. The maximum atomic E-state index is 12.7. The molecule has 0 aromatic rings. The molecular weight excluding hydrogens is 250 g/mol. The maximum Gasteiger partial charge on any atom is 0.236 e. The number of hydrogen-bond donors (Lipinski definition) is 3. The Hall–Kier alpha value is -1.34. The van der Waals surface area contributed by atoms with Crippen LogP contribution in [-0.2, 0) is 9.53 Å². The number of aliphatic hydroxyl groups excluding tert-OH is 1. The van der Waals surface area contributed by atoms with Crippen LogP contribution in [0.1, 0.15) is 26.2 Å². The number of amidine groups is 1. The van der Waals surface area contributed by atoms with Gasteiger partial charge in [0.15, 0.2) is 5.84 Å². The van der Waals surface area contributed by atoms with Gasteiger partial charge in [0, 0.05) is 6.54 Å². The molecule has 1 amide bonds. The Kier molecular flexibility index (Phi) is 3.96. The van der Waals surface area contributed by atoms with Crippen LogP contribution in [0.4, 0.5) is 0 Å². The molecule has 2 rings (SSSR count). The highest BCUT2D eigenvalue weighted by atomic mass is 16.5. The average molecular weight is 271 g/mol. The van der Waals surface area contributed by atoms with Gasteiger partial charge >= 0.3 is 0 Å². The molecule has 0 radical (unpaired) electrons. The summed E-state index contributed by atoms with van der Waals surface area (Å²) in [4.78, 5) is 14.4. The lowest BCUT2D eigenvalue weighted by Crippen LogP contribution is -2.61. The number of amides is 1. The van der Waals surface area contributed by atoms with Gasteiger partial charge in [-0.15, -0.1) is 0 Å². The van der Waals surface area contributed by atoms with E-state index in [2.05, 4.69) is 5.16 Å². The highest BCUT2D eigenvalue weighted by molar-refractivity contribution is 6.07. The second-order valence-electron chi connectivity index (χ2n) is 5.37. The smallest absolute Gasteiger partial charge is 0.236 e. The number of morpholine rings is 1. The molecule has 7 heteroatoms. The van der Waals surface area contributed by atoms with Crippen LogP contribution in [0, 0.1) is 5.41 Å². The van der Waals surface area contributed by atoms with Gasteiger partial charge in [-0.25, -0.2) is 0 Å². The molecule has 0 aromatic heterocycles. The largest absolute Gasteiger partial charge is 0.409 e. The fourth-order valence-corrected chi connectivity index (χ4v) is 2.69. The SMILES string of the molecule is CC1COC(CO)CN1C(=O)C1(C(N)=NO)CCC1. The van der Waals surface area contributed by atoms with Crippen LogP contribution in [0.3, 0.4) is 0 Å². The lowest BCUT2D eigenvalue weighted by Gasteiger charge is -2.46. The van der Waals surface area contributed by atoms with Crippen LogP contribution in [0.25, 0.3) is 0 Å². The van der Waals surface area contributed by atoms with Gasteiger partial charge < -0.3 is 25.7 Å². The van der Waals surface area contributed by atoms with Gasteiger partial charge in [-0.1, -0.05) is 11.6 Å². The fraction of sp³-hybridized carbons (Fsp3) is 0.833. The van der Waals surface area contributed by atoms with Crippen molar-refractivity contribution >= 4 is 11.7 Å². The van der Waals surface area contributed by atoms with E-state index in [0.717, 1.165) is 6.42 Å². The molecule has 2 aliphatic rings. The number of rotatable bonds is 3. The summed E-state index contributed by atoms with van der Waals surface area (Å²) in [6.45, 7) is 2.51. The van der Waals surface area contributed by atoms with Crippen LogP contribution in [0.2, 0.25) is 0 Å². The first-order chi connectivity index (χ1) is 9.05. The summed E-state index contributed by atoms with van der Waals surface area (Å²) in [5, 5.41) is 21.1. The zero-order chi connectivity index (χ0) is 14.0. The topological polar surface area (TPSA) is 108 Å². The number of carbonyl (C=O) groups is 1. The second kappa shape index (κ2) is 5.34. The number of nitrogens with zero attached hydrogens (tertiary/aromatic N) is 2. The van der Waals surface area contributed by atoms with Crippen molar-refractivity contribution in [1.82, 2.24) is 4.90 Å². The standard InChI is InChI=1S/C12H21N3O4/c1-8-7-19-9(6-16)5-15(8)11(17)12(3-2-4-12)10(13)14-18/h8-9,16,18H,2-7H2,1H3,(H2,13,14). The maximum absolute atomic E-state index is 12.7. The number of hydrogen-bond acceptors (Lipinski definition) is 5. The number of carbonyl (C=O) groups excluding carboxylic acids is 1. The first-order valence-corrected chi connectivity index (χ1v) is 6.56. The first-order valence-electron chi connectivity index (χ1n) is 6.56. The Bertz CT molecular complexity index is 381. The summed E-state index contributed by atoms with van der Waals surface area (Å²) < 4.78 is 5.42. The molecule has 1 saturated carbocycles. The van der Waals surface area contributed by atoms with Crippen molar-refractivity contribution in [2.24, 2.45) is 16.3 Å². The molecule has 19 heavy (non-hydrogen) atoms. The summed E-state index contributed by atoms with van der Waals surface area (Å²) in [6.07, 6.45) is 1.75. The Balaban J connectivity index is 2.17. The van der Waals surface area contributed by atoms with Gasteiger partial charge in [0.05, 0.1) is 25.4 Å². The molecule has 0 spiro atoms. The van der Waals surface area contributed by atoms with E-state index in [1.165, 1.54) is 0 Å². The Labute approximate surface area is 112 Å². The lowest BCUT2D eigenvalue weighted by atomic mass is 9.66. The molecule has 1 saturated heterocycles. The van der Waals surface area contributed by atoms with Crippen LogP contribution in [0.5, 0.6) is 0 Å². The van der Waals surface area contributed by atoms with E-state index >= 15 is 0 Å². The van der Waals surface area contributed by atoms with E-state index in [1.54, 1.807) is 4.90 Å². The third-order valence-corrected chi connectivity index (χ3v) is 4.18. The number of aliphatic hydroxyl groups is 1. The normalized spacial score (nSPS) is 30.8. The third-order valence-electron chi connectivity index (χ3n) is 4.18. The molecule has 2 unspecified atom stereocenters. The predicted octanol–water partition coefficient (Wildman–Crippen LogP) is -0.489. The van der Waals surface area contributed by atoms with Gasteiger partial charge in [-0.05, 0) is 19.8 Å². The van der Waals surface area contributed by atoms with Gasteiger partial charge in [0.25, 0.3) is 0 Å². The van der Waals surface area contributed by atoms with Gasteiger partial charge in [0.1, 0.15) is 5.41 Å². The quantitative estimate of drug-likeness (QED) is 0.278. The minimum absolute atomic E-state index is 0.0111. The van der Waals surface area contributed by atoms with Crippen LogP contribution in [0.15, 0.2) is 5.16 Å². The molecule has 0 bridgehead atoms. The highest BCUT2D eigenvalue weighted by Gasteiger charge is 2.51. The van der Waals surface area contributed by atoms with E-state index in [0.29, 0.717) is 26.0 Å². The number of ether oxygens (including phenoxy) is 1. The van der Waals surface area contributed by atoms with Crippen molar-refractivity contribution in [2.75, 3.05) is 19.8 Å². The van der Waals surface area contributed by atoms with E-state index in [1.807, 2.05) is 6.92 Å². The number of oxime groups is 1. The molecule has 4 N–H and O–H groups in total. The third kappa shape index (κ3) is 2.28. The summed E-state index contributed by atoms with van der Waals surface area (Å²) in [5.74, 6) is -0.133. The summed E-state index contributed by atoms with van der Waals surface area (Å²) in [6, 6.07) is -0.0701. The van der Waals surface area contributed by atoms with Crippen molar-refractivity contribution in [3.63, 3.8) is 0 Å². The van der Waals surface area contributed by atoms with E-state index in [9.17, 15) is 4.79 Å². The summed E-state index contributed by atoms with van der Waals surface area (Å²) >= 11 is 0. The summed E-state index contributed by atoms with van der Waals surface area (Å²) in [7, 11) is 0. The molecule has 1 heterocycles. The van der Waals surface area contributed by atoms with Crippen molar-refractivity contribution < 1.29 is 19.8 Å².